The van der Waals surface area contributed by atoms with Crippen LogP contribution < -0.4 is 10.1 Å². The molecule has 25 heavy (non-hydrogen) atoms. The fourth-order valence-corrected chi connectivity index (χ4v) is 3.08. The number of aryl methyl sites for hydroxylation is 1. The summed E-state index contributed by atoms with van der Waals surface area (Å²) in [6, 6.07) is 11.4. The van der Waals surface area contributed by atoms with Crippen LogP contribution in [0.1, 0.15) is 47.8 Å². The standard InChI is InChI=1S/C19H20N2O4/c1-12-4-9-17-15(10-12)16(11-19(2,3)25-17)20-18(22)13-5-7-14(8-6-13)21(23)24/h4-10,16H,11H2,1-3H3,(H,20,22)/t16-/m1/s1. The predicted octanol–water partition coefficient (Wildman–Crippen LogP) is 3.94. The van der Waals surface area contributed by atoms with Crippen molar-refractivity contribution in [2.24, 2.45) is 0 Å². The van der Waals surface area contributed by atoms with Gasteiger partial charge in [0.1, 0.15) is 11.4 Å². The van der Waals surface area contributed by atoms with Crippen molar-refractivity contribution < 1.29 is 14.5 Å². The Kier molecular flexibility index (Phi) is 4.20. The van der Waals surface area contributed by atoms with Crippen molar-refractivity contribution in [1.82, 2.24) is 5.32 Å². The van der Waals surface area contributed by atoms with Crippen molar-refractivity contribution in [3.05, 3.63) is 69.3 Å². The highest BCUT2D eigenvalue weighted by Crippen LogP contribution is 2.40. The van der Waals surface area contributed by atoms with Crippen molar-refractivity contribution in [1.29, 1.82) is 0 Å². The largest absolute Gasteiger partial charge is 0.487 e. The molecule has 2 aromatic rings. The number of non-ortho nitro benzene ring substituents is 1. The number of carbonyl (C=O) groups is 1. The second-order valence-corrected chi connectivity index (χ2v) is 6.94. The SMILES string of the molecule is Cc1ccc2c(c1)[C@H](NC(=O)c1ccc([N+](=O)[O-])cc1)CC(C)(C)O2. The Balaban J connectivity index is 1.85. The molecule has 0 radical (unpaired) electrons. The van der Waals surface area contributed by atoms with Gasteiger partial charge in [0.2, 0.25) is 0 Å². The average Bonchev–Trinajstić information content (AvgIpc) is 2.55. The van der Waals surface area contributed by atoms with Crippen molar-refractivity contribution in [3.63, 3.8) is 0 Å². The zero-order chi connectivity index (χ0) is 18.2. The minimum atomic E-state index is -0.484. The maximum Gasteiger partial charge on any atom is 0.269 e. The maximum absolute atomic E-state index is 12.6. The van der Waals surface area contributed by atoms with Gasteiger partial charge in [-0.15, -0.1) is 0 Å². The molecule has 6 heteroatoms. The Bertz CT molecular complexity index is 828. The van der Waals surface area contributed by atoms with Crippen LogP contribution in [0.25, 0.3) is 0 Å². The Labute approximate surface area is 146 Å². The molecule has 130 valence electrons. The summed E-state index contributed by atoms with van der Waals surface area (Å²) in [5.41, 5.74) is 2.01. The van der Waals surface area contributed by atoms with Gasteiger partial charge in [0.25, 0.3) is 11.6 Å². The zero-order valence-corrected chi connectivity index (χ0v) is 14.4. The average molecular weight is 340 g/mol. The lowest BCUT2D eigenvalue weighted by Crippen LogP contribution is -2.41. The van der Waals surface area contributed by atoms with E-state index >= 15 is 0 Å². The van der Waals surface area contributed by atoms with Gasteiger partial charge in [-0.1, -0.05) is 17.7 Å². The highest BCUT2D eigenvalue weighted by Gasteiger charge is 2.34. The van der Waals surface area contributed by atoms with E-state index in [0.717, 1.165) is 16.9 Å². The minimum Gasteiger partial charge on any atom is -0.487 e. The zero-order valence-electron chi connectivity index (χ0n) is 14.4. The molecule has 2 aromatic carbocycles. The second kappa shape index (κ2) is 6.20. The number of hydrogen-bond acceptors (Lipinski definition) is 4. The lowest BCUT2D eigenvalue weighted by atomic mass is 9.88. The first-order chi connectivity index (χ1) is 11.7. The number of nitrogens with zero attached hydrogens (tertiary/aromatic N) is 1. The monoisotopic (exact) mass is 340 g/mol. The van der Waals surface area contributed by atoms with Crippen LogP contribution in [0.3, 0.4) is 0 Å². The van der Waals surface area contributed by atoms with Crippen LogP contribution in [0, 0.1) is 17.0 Å². The number of nitro groups is 1. The molecular weight excluding hydrogens is 320 g/mol. The van der Waals surface area contributed by atoms with Crippen LogP contribution >= 0.6 is 0 Å². The van der Waals surface area contributed by atoms with Gasteiger partial charge in [0.05, 0.1) is 11.0 Å². The summed E-state index contributed by atoms with van der Waals surface area (Å²) in [5.74, 6) is 0.515. The molecule has 0 fully saturated rings. The van der Waals surface area contributed by atoms with E-state index in [9.17, 15) is 14.9 Å². The first-order valence-corrected chi connectivity index (χ1v) is 8.10. The minimum absolute atomic E-state index is 0.0373. The third-order valence-electron chi connectivity index (χ3n) is 4.27. The summed E-state index contributed by atoms with van der Waals surface area (Å²) in [4.78, 5) is 22.8. The van der Waals surface area contributed by atoms with Crippen LogP contribution in [0.2, 0.25) is 0 Å². The van der Waals surface area contributed by atoms with Crippen molar-refractivity contribution in [2.75, 3.05) is 0 Å². The van der Waals surface area contributed by atoms with Gasteiger partial charge in [-0.05, 0) is 39.0 Å². The number of carbonyl (C=O) groups excluding carboxylic acids is 1. The molecule has 0 aromatic heterocycles. The molecule has 0 saturated carbocycles. The van der Waals surface area contributed by atoms with Crippen LogP contribution in [0.15, 0.2) is 42.5 Å². The van der Waals surface area contributed by atoms with Crippen LogP contribution in [-0.2, 0) is 0 Å². The van der Waals surface area contributed by atoms with Crippen LogP contribution in [-0.4, -0.2) is 16.4 Å². The summed E-state index contributed by atoms with van der Waals surface area (Å²) in [5, 5.41) is 13.8. The summed E-state index contributed by atoms with van der Waals surface area (Å²) < 4.78 is 6.01. The number of amides is 1. The number of nitro benzene ring substituents is 1. The van der Waals surface area contributed by atoms with E-state index in [4.69, 9.17) is 4.74 Å². The van der Waals surface area contributed by atoms with E-state index in [1.54, 1.807) is 0 Å². The van der Waals surface area contributed by atoms with Gasteiger partial charge >= 0.3 is 0 Å². The fraction of sp³-hybridized carbons (Fsp3) is 0.316. The Morgan fingerprint density at radius 1 is 1.24 bits per heavy atom. The van der Waals surface area contributed by atoms with Gasteiger partial charge in [-0.2, -0.15) is 0 Å². The van der Waals surface area contributed by atoms with Crippen molar-refractivity contribution in [3.8, 4) is 5.75 Å². The van der Waals surface area contributed by atoms with Crippen LogP contribution in [0.4, 0.5) is 5.69 Å². The highest BCUT2D eigenvalue weighted by atomic mass is 16.6. The normalized spacial score (nSPS) is 18.0. The summed E-state index contributed by atoms with van der Waals surface area (Å²) in [7, 11) is 0. The fourth-order valence-electron chi connectivity index (χ4n) is 3.08. The summed E-state index contributed by atoms with van der Waals surface area (Å²) in [6.07, 6.45) is 0.641. The molecule has 6 nitrogen and oxygen atoms in total. The molecule has 0 unspecified atom stereocenters. The van der Waals surface area contributed by atoms with Crippen molar-refractivity contribution >= 4 is 11.6 Å². The Hall–Kier alpha value is -2.89. The molecule has 0 aliphatic carbocycles. The number of ether oxygens (including phenoxy) is 1. The molecule has 0 bridgehead atoms. The van der Waals surface area contributed by atoms with E-state index in [1.165, 1.54) is 24.3 Å². The summed E-state index contributed by atoms with van der Waals surface area (Å²) in [6.45, 7) is 5.97. The van der Waals surface area contributed by atoms with Crippen LogP contribution in [0.5, 0.6) is 5.75 Å². The van der Waals surface area contributed by atoms with Gasteiger partial charge in [-0.25, -0.2) is 0 Å². The van der Waals surface area contributed by atoms with Gasteiger partial charge in [-0.3, -0.25) is 14.9 Å². The predicted molar refractivity (Wildman–Crippen MR) is 93.8 cm³/mol. The molecular formula is C19H20N2O4. The van der Waals surface area contributed by atoms with Crippen molar-refractivity contribution in [2.45, 2.75) is 38.8 Å². The van der Waals surface area contributed by atoms with E-state index < -0.39 is 10.5 Å². The molecule has 3 rings (SSSR count). The van der Waals surface area contributed by atoms with E-state index in [2.05, 4.69) is 5.32 Å². The third-order valence-corrected chi connectivity index (χ3v) is 4.27. The molecule has 0 spiro atoms. The molecule has 1 aliphatic rings. The first kappa shape index (κ1) is 17.0. The van der Waals surface area contributed by atoms with Gasteiger partial charge in [0.15, 0.2) is 0 Å². The second-order valence-electron chi connectivity index (χ2n) is 6.94. The van der Waals surface area contributed by atoms with Gasteiger partial charge in [0, 0.05) is 29.7 Å². The third kappa shape index (κ3) is 3.63. The lowest BCUT2D eigenvalue weighted by Gasteiger charge is -2.38. The van der Waals surface area contributed by atoms with E-state index in [1.807, 2.05) is 39.0 Å². The number of nitrogens with one attached hydrogen (secondary N) is 1. The Morgan fingerprint density at radius 3 is 2.56 bits per heavy atom. The van der Waals surface area contributed by atoms with E-state index in [-0.39, 0.29) is 17.6 Å². The Morgan fingerprint density at radius 2 is 1.92 bits per heavy atom. The number of fused-ring (bicyclic) bond motifs is 1. The van der Waals surface area contributed by atoms with Gasteiger partial charge < -0.3 is 10.1 Å². The lowest BCUT2D eigenvalue weighted by molar-refractivity contribution is -0.384. The van der Waals surface area contributed by atoms with E-state index in [0.29, 0.717) is 12.0 Å². The quantitative estimate of drug-likeness (QED) is 0.678. The number of benzene rings is 2. The molecule has 1 atom stereocenters. The summed E-state index contributed by atoms with van der Waals surface area (Å²) >= 11 is 0. The number of hydrogen-bond donors (Lipinski definition) is 1. The molecule has 1 heterocycles. The molecule has 1 amide bonds. The molecule has 1 aliphatic heterocycles. The molecule has 0 saturated heterocycles. The highest BCUT2D eigenvalue weighted by molar-refractivity contribution is 5.94. The topological polar surface area (TPSA) is 81.5 Å². The number of rotatable bonds is 3. The first-order valence-electron chi connectivity index (χ1n) is 8.10. The molecule has 1 N–H and O–H groups in total. The smallest absolute Gasteiger partial charge is 0.269 e. The maximum atomic E-state index is 12.6.